The summed E-state index contributed by atoms with van der Waals surface area (Å²) >= 11 is 0. The van der Waals surface area contributed by atoms with Crippen molar-refractivity contribution in [2.24, 2.45) is 5.73 Å². The fourth-order valence-corrected chi connectivity index (χ4v) is 1.27. The molecule has 1 fully saturated rings. The van der Waals surface area contributed by atoms with Crippen molar-refractivity contribution in [1.29, 1.82) is 0 Å². The number of nitrogens with one attached hydrogen (secondary N) is 1. The van der Waals surface area contributed by atoms with Gasteiger partial charge in [-0.1, -0.05) is 0 Å². The highest BCUT2D eigenvalue weighted by Crippen LogP contribution is 2.10. The van der Waals surface area contributed by atoms with Crippen LogP contribution >= 0.6 is 0 Å². The number of aliphatic hydroxyl groups excluding tert-OH is 2. The van der Waals surface area contributed by atoms with Gasteiger partial charge in [-0.15, -0.1) is 0 Å². The first-order chi connectivity index (χ1) is 4.66. The first kappa shape index (κ1) is 7.94. The van der Waals surface area contributed by atoms with Crippen molar-refractivity contribution in [2.45, 2.75) is 31.2 Å². The van der Waals surface area contributed by atoms with Gasteiger partial charge >= 0.3 is 0 Å². The van der Waals surface area contributed by atoms with Crippen molar-refractivity contribution in [3.05, 3.63) is 0 Å². The third kappa shape index (κ3) is 1.15. The monoisotopic (exact) mass is 146 g/mol. The van der Waals surface area contributed by atoms with Crippen molar-refractivity contribution in [3.63, 3.8) is 0 Å². The minimum atomic E-state index is -0.611. The van der Waals surface area contributed by atoms with Gasteiger partial charge in [0.25, 0.3) is 0 Å². The van der Waals surface area contributed by atoms with Gasteiger partial charge in [-0.3, -0.25) is 0 Å². The summed E-state index contributed by atoms with van der Waals surface area (Å²) in [6.07, 6.45) is -0.611. The van der Waals surface area contributed by atoms with Crippen molar-refractivity contribution in [2.75, 3.05) is 6.61 Å². The van der Waals surface area contributed by atoms with E-state index >= 15 is 0 Å². The molecule has 0 radical (unpaired) electrons. The van der Waals surface area contributed by atoms with E-state index in [4.69, 9.17) is 10.8 Å². The summed E-state index contributed by atoms with van der Waals surface area (Å²) in [5.74, 6) is 0. The Morgan fingerprint density at radius 2 is 2.20 bits per heavy atom. The van der Waals surface area contributed by atoms with Crippen LogP contribution in [-0.2, 0) is 0 Å². The minimum Gasteiger partial charge on any atom is -0.395 e. The van der Waals surface area contributed by atoms with E-state index < -0.39 is 6.10 Å². The van der Waals surface area contributed by atoms with Crippen molar-refractivity contribution < 1.29 is 10.2 Å². The Bertz CT molecular complexity index is 120. The standard InChI is InChI=1S/C6H14N2O2/c1-3-5(7)6(10)4(2-9)8-3/h3-6,8-10H,2,7H2,1H3/t3-,4+,5-,6+/m0/s1. The maximum atomic E-state index is 9.28. The molecule has 1 rings (SSSR count). The van der Waals surface area contributed by atoms with Crippen LogP contribution < -0.4 is 11.1 Å². The number of aliphatic hydroxyl groups is 2. The molecule has 60 valence electrons. The van der Waals surface area contributed by atoms with E-state index in [2.05, 4.69) is 5.32 Å². The molecule has 4 nitrogen and oxygen atoms in total. The molecule has 0 aliphatic carbocycles. The average Bonchev–Trinajstić information content (AvgIpc) is 2.17. The highest BCUT2D eigenvalue weighted by atomic mass is 16.3. The summed E-state index contributed by atoms with van der Waals surface area (Å²) < 4.78 is 0. The van der Waals surface area contributed by atoms with E-state index in [9.17, 15) is 5.11 Å². The van der Waals surface area contributed by atoms with Crippen LogP contribution in [0.3, 0.4) is 0 Å². The van der Waals surface area contributed by atoms with Gasteiger partial charge in [-0.2, -0.15) is 0 Å². The minimum absolute atomic E-state index is 0.0563. The summed E-state index contributed by atoms with van der Waals surface area (Å²) in [6, 6.07) is -0.408. The van der Waals surface area contributed by atoms with Crippen LogP contribution in [0.1, 0.15) is 6.92 Å². The van der Waals surface area contributed by atoms with Gasteiger partial charge in [0.1, 0.15) is 0 Å². The quantitative estimate of drug-likeness (QED) is 0.346. The van der Waals surface area contributed by atoms with E-state index in [1.54, 1.807) is 0 Å². The highest BCUT2D eigenvalue weighted by molar-refractivity contribution is 4.98. The Kier molecular flexibility index (Phi) is 2.25. The Labute approximate surface area is 60.0 Å². The van der Waals surface area contributed by atoms with Gasteiger partial charge in [0.05, 0.1) is 18.8 Å². The second-order valence-corrected chi connectivity index (χ2v) is 2.81. The molecule has 1 aliphatic rings. The van der Waals surface area contributed by atoms with Gasteiger partial charge in [-0.25, -0.2) is 0 Å². The number of hydrogen-bond acceptors (Lipinski definition) is 4. The summed E-state index contributed by atoms with van der Waals surface area (Å²) in [5, 5.41) is 21.0. The van der Waals surface area contributed by atoms with E-state index in [1.807, 2.05) is 6.92 Å². The molecule has 1 aliphatic heterocycles. The molecule has 0 aromatic rings. The molecule has 1 saturated heterocycles. The third-order valence-corrected chi connectivity index (χ3v) is 2.06. The predicted molar refractivity (Wildman–Crippen MR) is 37.5 cm³/mol. The molecule has 0 spiro atoms. The summed E-state index contributed by atoms with van der Waals surface area (Å²) in [5.41, 5.74) is 5.56. The van der Waals surface area contributed by atoms with Crippen LogP contribution in [0, 0.1) is 0 Å². The zero-order valence-electron chi connectivity index (χ0n) is 5.99. The maximum absolute atomic E-state index is 9.28. The first-order valence-corrected chi connectivity index (χ1v) is 3.47. The zero-order valence-corrected chi connectivity index (χ0v) is 5.99. The molecule has 10 heavy (non-hydrogen) atoms. The summed E-state index contributed by atoms with van der Waals surface area (Å²) in [6.45, 7) is 1.84. The lowest BCUT2D eigenvalue weighted by molar-refractivity contribution is 0.110. The first-order valence-electron chi connectivity index (χ1n) is 3.47. The highest BCUT2D eigenvalue weighted by Gasteiger charge is 2.36. The topological polar surface area (TPSA) is 78.5 Å². The molecule has 0 aromatic heterocycles. The summed E-state index contributed by atoms with van der Waals surface area (Å²) in [4.78, 5) is 0. The maximum Gasteiger partial charge on any atom is 0.0881 e. The lowest BCUT2D eigenvalue weighted by Crippen LogP contribution is -2.40. The Balaban J connectivity index is 2.53. The molecule has 5 N–H and O–H groups in total. The van der Waals surface area contributed by atoms with E-state index in [0.717, 1.165) is 0 Å². The molecule has 0 saturated carbocycles. The lowest BCUT2D eigenvalue weighted by Gasteiger charge is -2.12. The van der Waals surface area contributed by atoms with Gasteiger partial charge in [0, 0.05) is 12.1 Å². The van der Waals surface area contributed by atoms with Crippen LogP contribution in [0.5, 0.6) is 0 Å². The SMILES string of the molecule is C[C@@H]1N[C@H](CO)[C@@H](O)[C@H]1N. The molecular weight excluding hydrogens is 132 g/mol. The number of nitrogens with two attached hydrogens (primary N) is 1. The molecule has 4 atom stereocenters. The fraction of sp³-hybridized carbons (Fsp3) is 1.00. The van der Waals surface area contributed by atoms with E-state index in [-0.39, 0.29) is 24.7 Å². The molecule has 0 unspecified atom stereocenters. The largest absolute Gasteiger partial charge is 0.395 e. The van der Waals surface area contributed by atoms with Gasteiger partial charge < -0.3 is 21.3 Å². The van der Waals surface area contributed by atoms with E-state index in [0.29, 0.717) is 0 Å². The van der Waals surface area contributed by atoms with Gasteiger partial charge in [0.2, 0.25) is 0 Å². The lowest BCUT2D eigenvalue weighted by atomic mass is 10.1. The Morgan fingerprint density at radius 3 is 2.40 bits per heavy atom. The Hall–Kier alpha value is -0.160. The van der Waals surface area contributed by atoms with Crippen LogP contribution in [0.4, 0.5) is 0 Å². The van der Waals surface area contributed by atoms with Crippen molar-refractivity contribution in [3.8, 4) is 0 Å². The molecule has 0 amide bonds. The van der Waals surface area contributed by atoms with Crippen molar-refractivity contribution >= 4 is 0 Å². The number of hydrogen-bond donors (Lipinski definition) is 4. The smallest absolute Gasteiger partial charge is 0.0881 e. The normalized spacial score (nSPS) is 48.0. The molecule has 4 heteroatoms. The van der Waals surface area contributed by atoms with Crippen LogP contribution in [-0.4, -0.2) is 41.0 Å². The van der Waals surface area contributed by atoms with Gasteiger partial charge in [0.15, 0.2) is 0 Å². The molecular formula is C6H14N2O2. The molecule has 1 heterocycles. The second-order valence-electron chi connectivity index (χ2n) is 2.81. The summed E-state index contributed by atoms with van der Waals surface area (Å²) in [7, 11) is 0. The number of rotatable bonds is 1. The van der Waals surface area contributed by atoms with Crippen LogP contribution in [0.2, 0.25) is 0 Å². The van der Waals surface area contributed by atoms with Crippen LogP contribution in [0.15, 0.2) is 0 Å². The second kappa shape index (κ2) is 2.84. The molecule has 0 aromatic carbocycles. The predicted octanol–water partition coefficient (Wildman–Crippen LogP) is -1.97. The average molecular weight is 146 g/mol. The fourth-order valence-electron chi connectivity index (χ4n) is 1.27. The zero-order chi connectivity index (χ0) is 7.72. The molecule has 0 bridgehead atoms. The van der Waals surface area contributed by atoms with E-state index in [1.165, 1.54) is 0 Å². The van der Waals surface area contributed by atoms with Gasteiger partial charge in [-0.05, 0) is 6.92 Å². The van der Waals surface area contributed by atoms with Crippen LogP contribution in [0.25, 0.3) is 0 Å². The third-order valence-electron chi connectivity index (χ3n) is 2.06. The van der Waals surface area contributed by atoms with Crippen molar-refractivity contribution in [1.82, 2.24) is 5.32 Å². The Morgan fingerprint density at radius 1 is 1.60 bits per heavy atom.